The molecule has 142 valence electrons. The maximum Gasteiger partial charge on any atom is 0.311 e. The Morgan fingerprint density at radius 2 is 2.03 bits per heavy atom. The lowest BCUT2D eigenvalue weighted by atomic mass is 10.1. The zero-order valence-electron chi connectivity index (χ0n) is 15.0. The number of nitro groups is 1. The number of aromatic nitrogens is 1. The predicted molar refractivity (Wildman–Crippen MR) is 108 cm³/mol. The lowest BCUT2D eigenvalue weighted by molar-refractivity contribution is -0.385. The molecular weight excluding hydrogens is 392 g/mol. The fourth-order valence-electron chi connectivity index (χ4n) is 2.45. The summed E-state index contributed by atoms with van der Waals surface area (Å²) in [7, 11) is 1.38. The Kier molecular flexibility index (Phi) is 5.78. The monoisotopic (exact) mass is 404 g/mol. The molecule has 3 rings (SSSR count). The van der Waals surface area contributed by atoms with E-state index in [-0.39, 0.29) is 17.1 Å². The highest BCUT2D eigenvalue weighted by Crippen LogP contribution is 2.34. The molecule has 0 amide bonds. The summed E-state index contributed by atoms with van der Waals surface area (Å²) in [6.45, 7) is 0. The predicted octanol–water partition coefficient (Wildman–Crippen LogP) is 4.21. The average Bonchev–Trinajstić information content (AvgIpc) is 3.24. The van der Waals surface area contributed by atoms with Gasteiger partial charge in [-0.15, -0.1) is 11.3 Å². The molecule has 10 heteroatoms. The first-order valence-electron chi connectivity index (χ1n) is 8.08. The summed E-state index contributed by atoms with van der Waals surface area (Å²) >= 11 is 1.38. The van der Waals surface area contributed by atoms with Gasteiger partial charge in [-0.25, -0.2) is 4.98 Å². The molecule has 0 atom stereocenters. The number of nitro benzene ring substituents is 1. The zero-order chi connectivity index (χ0) is 20.8. The molecule has 0 fully saturated rings. The summed E-state index contributed by atoms with van der Waals surface area (Å²) in [6, 6.07) is 15.2. The van der Waals surface area contributed by atoms with Crippen LogP contribution in [0.4, 0.5) is 11.4 Å². The molecule has 0 unspecified atom stereocenters. The first-order chi connectivity index (χ1) is 14.0. The van der Waals surface area contributed by atoms with E-state index in [1.807, 2.05) is 11.4 Å². The van der Waals surface area contributed by atoms with Gasteiger partial charge in [-0.05, 0) is 24.3 Å². The number of benzene rings is 2. The maximum atomic E-state index is 11.2. The van der Waals surface area contributed by atoms with Crippen molar-refractivity contribution in [3.8, 4) is 39.7 Å². The van der Waals surface area contributed by atoms with Gasteiger partial charge in [0.25, 0.3) is 0 Å². The van der Waals surface area contributed by atoms with Crippen LogP contribution < -0.4 is 10.2 Å². The molecule has 1 N–H and O–H groups in total. The van der Waals surface area contributed by atoms with Gasteiger partial charge in [-0.1, -0.05) is 12.1 Å². The largest absolute Gasteiger partial charge is 0.490 e. The van der Waals surface area contributed by atoms with Gasteiger partial charge in [0.15, 0.2) is 5.75 Å². The maximum absolute atomic E-state index is 11.2. The van der Waals surface area contributed by atoms with Crippen molar-refractivity contribution in [1.29, 1.82) is 10.5 Å². The van der Waals surface area contributed by atoms with Gasteiger partial charge < -0.3 is 4.74 Å². The molecule has 0 aliphatic heterocycles. The van der Waals surface area contributed by atoms with Crippen LogP contribution in [0.1, 0.15) is 0 Å². The molecule has 9 nitrogen and oxygen atoms in total. The first-order valence-corrected chi connectivity index (χ1v) is 8.96. The summed E-state index contributed by atoms with van der Waals surface area (Å²) in [5, 5.41) is 34.9. The van der Waals surface area contributed by atoms with E-state index in [1.54, 1.807) is 36.4 Å². The van der Waals surface area contributed by atoms with Gasteiger partial charge in [0.05, 0.1) is 23.4 Å². The number of thiazole rings is 1. The molecule has 1 aromatic heterocycles. The van der Waals surface area contributed by atoms with Crippen molar-refractivity contribution in [3.63, 3.8) is 0 Å². The zero-order valence-corrected chi connectivity index (χ0v) is 15.8. The van der Waals surface area contributed by atoms with Crippen molar-refractivity contribution >= 4 is 28.4 Å². The lowest BCUT2D eigenvalue weighted by Gasteiger charge is -2.03. The normalized spacial score (nSPS) is 9.76. The van der Waals surface area contributed by atoms with Crippen LogP contribution in [-0.2, 0) is 0 Å². The summed E-state index contributed by atoms with van der Waals surface area (Å²) in [4.78, 5) is 15.3. The summed E-state index contributed by atoms with van der Waals surface area (Å²) in [6.07, 6.45) is 0. The molecule has 0 saturated carbocycles. The van der Waals surface area contributed by atoms with Crippen molar-refractivity contribution in [2.75, 3.05) is 12.5 Å². The highest BCUT2D eigenvalue weighted by atomic mass is 32.1. The minimum absolute atomic E-state index is 0.130. The molecule has 0 radical (unpaired) electrons. The van der Waals surface area contributed by atoms with Crippen LogP contribution in [0.15, 0.2) is 52.9 Å². The Labute approximate surface area is 169 Å². The molecular formula is C19H12N6O3S. The van der Waals surface area contributed by atoms with E-state index in [0.717, 1.165) is 5.56 Å². The van der Waals surface area contributed by atoms with Crippen molar-refractivity contribution in [2.24, 2.45) is 5.10 Å². The molecule has 0 aliphatic rings. The second kappa shape index (κ2) is 8.61. The quantitative estimate of drug-likeness (QED) is 0.369. The number of hydrazone groups is 1. The minimum atomic E-state index is -0.498. The number of hydrogen-bond acceptors (Lipinski definition) is 9. The fraction of sp³-hybridized carbons (Fsp3) is 0.0526. The molecule has 0 aliphatic carbocycles. The van der Waals surface area contributed by atoms with E-state index >= 15 is 0 Å². The Morgan fingerprint density at radius 3 is 2.72 bits per heavy atom. The number of methoxy groups -OCH3 is 1. The second-order valence-electron chi connectivity index (χ2n) is 5.56. The third kappa shape index (κ3) is 4.35. The topological polar surface area (TPSA) is 137 Å². The van der Waals surface area contributed by atoms with Gasteiger partial charge in [-0.2, -0.15) is 15.6 Å². The van der Waals surface area contributed by atoms with Gasteiger partial charge in [0.2, 0.25) is 5.71 Å². The summed E-state index contributed by atoms with van der Waals surface area (Å²) < 4.78 is 5.02. The van der Waals surface area contributed by atoms with E-state index in [2.05, 4.69) is 15.5 Å². The van der Waals surface area contributed by atoms with E-state index in [0.29, 0.717) is 22.0 Å². The number of nitrogens with one attached hydrogen (secondary N) is 1. The van der Waals surface area contributed by atoms with E-state index in [1.165, 1.54) is 30.6 Å². The Balaban J connectivity index is 1.89. The van der Waals surface area contributed by atoms with Crippen molar-refractivity contribution < 1.29 is 9.66 Å². The van der Waals surface area contributed by atoms with E-state index in [4.69, 9.17) is 15.3 Å². The van der Waals surface area contributed by atoms with E-state index < -0.39 is 4.92 Å². The van der Waals surface area contributed by atoms with Crippen LogP contribution in [0.25, 0.3) is 21.8 Å². The minimum Gasteiger partial charge on any atom is -0.490 e. The fourth-order valence-corrected chi connectivity index (χ4v) is 3.27. The third-order valence-electron chi connectivity index (χ3n) is 3.79. The number of nitriles is 2. The Bertz CT molecular complexity index is 1170. The van der Waals surface area contributed by atoms with Crippen LogP contribution >= 0.6 is 11.3 Å². The average molecular weight is 404 g/mol. The van der Waals surface area contributed by atoms with Crippen LogP contribution in [0.3, 0.4) is 0 Å². The van der Waals surface area contributed by atoms with Crippen LogP contribution in [-0.4, -0.2) is 22.7 Å². The highest BCUT2D eigenvalue weighted by molar-refractivity contribution is 7.13. The number of anilines is 1. The molecule has 29 heavy (non-hydrogen) atoms. The molecule has 1 heterocycles. The second-order valence-corrected chi connectivity index (χ2v) is 6.42. The SMILES string of the molecule is COc1ccc(-c2csc(-c3cccc(NN=C(C#N)C#N)c3)n2)cc1[N+](=O)[O-]. The first kappa shape index (κ1) is 19.5. The molecule has 0 spiro atoms. The smallest absolute Gasteiger partial charge is 0.311 e. The standard InChI is InChI=1S/C19H12N6O3S/c1-28-18-6-5-12(8-17(18)25(26)27)16-11-29-19(22-16)13-3-2-4-14(7-13)23-24-15(9-20)10-21/h2-8,11,23H,1H3. The number of rotatable bonds is 6. The van der Waals surface area contributed by atoms with Gasteiger partial charge >= 0.3 is 5.69 Å². The summed E-state index contributed by atoms with van der Waals surface area (Å²) in [5.74, 6) is 0.183. The number of ether oxygens (including phenoxy) is 1. The van der Waals surface area contributed by atoms with Gasteiger partial charge in [-0.3, -0.25) is 15.5 Å². The van der Waals surface area contributed by atoms with Gasteiger partial charge in [0.1, 0.15) is 17.1 Å². The van der Waals surface area contributed by atoms with Crippen LogP contribution in [0, 0.1) is 32.8 Å². The molecule has 0 bridgehead atoms. The van der Waals surface area contributed by atoms with Crippen LogP contribution in [0.2, 0.25) is 0 Å². The van der Waals surface area contributed by atoms with Gasteiger partial charge in [0, 0.05) is 22.6 Å². The Morgan fingerprint density at radius 1 is 1.24 bits per heavy atom. The number of hydrogen-bond donors (Lipinski definition) is 1. The van der Waals surface area contributed by atoms with Crippen molar-refractivity contribution in [1.82, 2.24) is 4.98 Å². The summed E-state index contributed by atoms with van der Waals surface area (Å²) in [5.41, 5.74) is 4.83. The Hall–Kier alpha value is -4.28. The lowest BCUT2D eigenvalue weighted by Crippen LogP contribution is -1.96. The molecule has 2 aromatic carbocycles. The molecule has 0 saturated heterocycles. The number of nitrogens with zero attached hydrogens (tertiary/aromatic N) is 5. The highest BCUT2D eigenvalue weighted by Gasteiger charge is 2.17. The van der Waals surface area contributed by atoms with Crippen molar-refractivity contribution in [3.05, 3.63) is 58.0 Å². The third-order valence-corrected chi connectivity index (χ3v) is 4.68. The van der Waals surface area contributed by atoms with Crippen molar-refractivity contribution in [2.45, 2.75) is 0 Å². The van der Waals surface area contributed by atoms with E-state index in [9.17, 15) is 10.1 Å². The van der Waals surface area contributed by atoms with Crippen LogP contribution in [0.5, 0.6) is 5.75 Å². The molecule has 3 aromatic rings.